The number of hydrogen-bond acceptors (Lipinski definition) is 2. The summed E-state index contributed by atoms with van der Waals surface area (Å²) in [5, 5.41) is 84.7. The van der Waals surface area contributed by atoms with Crippen LogP contribution in [0.1, 0.15) is 44.3 Å². The maximum Gasteiger partial charge on any atom is 0.192 e. The lowest BCUT2D eigenvalue weighted by molar-refractivity contribution is 0.0260. The Morgan fingerprint density at radius 3 is 0.675 bits per heavy atom. The lowest BCUT2D eigenvalue weighted by Crippen LogP contribution is -2.56. The number of Topliss-reactive ketones (excluding diaryl/α,β-unsaturated/α-hetero) is 1. The molecule has 0 aromatic heterocycles. The van der Waals surface area contributed by atoms with Crippen molar-refractivity contribution in [2.75, 3.05) is 0 Å². The molecule has 4 aliphatic carbocycles. The highest BCUT2D eigenvalue weighted by molar-refractivity contribution is 6.82. The third-order valence-corrected chi connectivity index (χ3v) is 26.9. The second-order valence-corrected chi connectivity index (χ2v) is 27.4. The molecule has 0 N–H and O–H groups in total. The Morgan fingerprint density at radius 1 is 0.247 bits per heavy atom. The minimum absolute atomic E-state index is 0.140. The molecule has 2 atom stereocenters. The molecule has 1 heterocycles. The fraction of sp³-hybridized carbons (Fsp3) is 0.0533. The Morgan fingerprint density at radius 2 is 0.442 bits per heavy atom. The van der Waals surface area contributed by atoms with Crippen LogP contribution in [0.5, 0.6) is 0 Å². The fourth-order valence-corrected chi connectivity index (χ4v) is 26.6. The predicted molar refractivity (Wildman–Crippen MR) is 319 cm³/mol. The molecule has 0 saturated carbocycles. The summed E-state index contributed by atoms with van der Waals surface area (Å²) >= 11 is 0. The lowest BCUT2D eigenvalue weighted by atomic mass is 9.45. The number of carbonyl (C=O) groups excluding carboxylic acids is 1. The molecule has 0 unspecified atom stereocenters. The lowest BCUT2D eigenvalue weighted by Gasteiger charge is -2.52. The first-order valence-corrected chi connectivity index (χ1v) is 28.4. The number of rotatable bonds is 3. The second-order valence-electron chi connectivity index (χ2n) is 27.4. The quantitative estimate of drug-likeness (QED) is 0.130. The topological polar surface area (TPSA) is 26.3 Å². The standard InChI is InChI=1S/C75H12O2/c76-71(11-7-3-1-4-8-11)73-75-69-63-53-43-33-25-17-14-13-15-19-21(17)29-35-27(19)37-31-23(15)24-16(13)20-22-18(14)26(25)34-40-30(22)36-28(20)38-32(24)42-41(31)51-45(37)55-49(35)57(47(53)39(29)33)65(69)61(55)67-59(51)60-52(42)46(38)56-50(36)58-48(40)54(44(34)43)64(63)70(75)66(58)62(56)68(60)74(67,75)72(77-73)12-9-5-2-6-10-12/h1-10,72-73H/t72-,73+,74?,75?/m1/s1. The van der Waals surface area contributed by atoms with Crippen LogP contribution in [0.4, 0.5) is 0 Å². The summed E-state index contributed by atoms with van der Waals surface area (Å²) in [6.45, 7) is 0. The summed E-state index contributed by atoms with van der Waals surface area (Å²) in [5.41, 5.74) is 6.38. The van der Waals surface area contributed by atoms with Gasteiger partial charge in [0, 0.05) is 5.56 Å². The molecule has 2 heteroatoms. The Kier molecular flexibility index (Phi) is 2.68. The molecule has 5 aliphatic rings. The molecule has 1 aliphatic heterocycles. The fourth-order valence-electron chi connectivity index (χ4n) is 26.6. The van der Waals surface area contributed by atoms with E-state index in [9.17, 15) is 0 Å². The minimum atomic E-state index is -0.855. The van der Waals surface area contributed by atoms with Crippen molar-refractivity contribution in [1.82, 2.24) is 0 Å². The zero-order valence-electron chi connectivity index (χ0n) is 39.2. The zero-order valence-corrected chi connectivity index (χ0v) is 39.2. The van der Waals surface area contributed by atoms with E-state index < -0.39 is 23.0 Å². The average Bonchev–Trinajstić information content (AvgIpc) is 2.75. The molecule has 30 aromatic carbocycles. The van der Waals surface area contributed by atoms with E-state index in [1.165, 1.54) is 92.5 Å². The number of carbonyl (C=O) groups is 1. The molecule has 324 valence electrons. The molecule has 2 spiro atoms. The summed E-state index contributed by atoms with van der Waals surface area (Å²) < 4.78 is 8.44. The van der Waals surface area contributed by atoms with E-state index in [0.717, 1.165) is 5.56 Å². The molecule has 30 aromatic rings. The first-order valence-electron chi connectivity index (χ1n) is 28.4. The Hall–Kier alpha value is -9.47. The third kappa shape index (κ3) is 1.67. The monoisotopic (exact) mass is 944 g/mol. The van der Waals surface area contributed by atoms with Crippen molar-refractivity contribution in [3.8, 4) is 0 Å². The van der Waals surface area contributed by atoms with Crippen molar-refractivity contribution in [2.24, 2.45) is 0 Å². The van der Waals surface area contributed by atoms with Gasteiger partial charge < -0.3 is 4.74 Å². The van der Waals surface area contributed by atoms with E-state index in [1.54, 1.807) is 226 Å². The number of benzene rings is 20. The van der Waals surface area contributed by atoms with Gasteiger partial charge in [0.25, 0.3) is 0 Å². The van der Waals surface area contributed by atoms with Gasteiger partial charge in [-0.15, -0.1) is 0 Å². The summed E-state index contributed by atoms with van der Waals surface area (Å²) in [6, 6.07) is 21.9. The SMILES string of the molecule is O=C(c1ccccc1)[C@@H]1O[C@H](c2ccccc2)C23c4c5c6c7c8c9c(c%10c%11c2c2c4c4c%12c5c5c6c6c8c8c%13c9c9c%10c%10c%11c%11c2c2c4c4c%12c%12c5c5c6c8c6c8c%13c9c9c%10c%10c%11c2c2c4c4c%12c5c6c5c8c9c%10c2c45)C713. The van der Waals surface area contributed by atoms with Crippen LogP contribution in [0.15, 0.2) is 60.7 Å². The van der Waals surface area contributed by atoms with Crippen LogP contribution >= 0.6 is 0 Å². The van der Waals surface area contributed by atoms with Crippen molar-refractivity contribution < 1.29 is 9.53 Å². The Balaban J connectivity index is 1.10. The van der Waals surface area contributed by atoms with Crippen molar-refractivity contribution in [3.63, 3.8) is 0 Å². The molecule has 35 rings (SSSR count). The van der Waals surface area contributed by atoms with Crippen LogP contribution in [-0.2, 0) is 15.6 Å². The van der Waals surface area contributed by atoms with Crippen LogP contribution in [-0.4, -0.2) is 11.9 Å². The van der Waals surface area contributed by atoms with E-state index >= 15 is 4.79 Å². The Bertz CT molecular complexity index is 7650. The molecule has 77 heavy (non-hydrogen) atoms. The highest BCUT2D eigenvalue weighted by atomic mass is 16.5. The van der Waals surface area contributed by atoms with Gasteiger partial charge in [-0.3, -0.25) is 4.79 Å². The van der Waals surface area contributed by atoms with Gasteiger partial charge in [-0.1, -0.05) is 60.7 Å². The zero-order chi connectivity index (χ0) is 46.2. The third-order valence-electron chi connectivity index (χ3n) is 26.9. The van der Waals surface area contributed by atoms with Gasteiger partial charge in [-0.05, 0) is 319 Å². The van der Waals surface area contributed by atoms with Gasteiger partial charge in [0.05, 0.1) is 16.9 Å². The summed E-state index contributed by atoms with van der Waals surface area (Å²) in [6.07, 6.45) is -1.19. The molecule has 1 saturated heterocycles. The van der Waals surface area contributed by atoms with Gasteiger partial charge in [0.1, 0.15) is 6.10 Å². The van der Waals surface area contributed by atoms with Crippen molar-refractivity contribution in [1.29, 1.82) is 0 Å². The number of ketones is 1. The van der Waals surface area contributed by atoms with Crippen molar-refractivity contribution >= 4 is 297 Å². The van der Waals surface area contributed by atoms with Crippen LogP contribution in [0.3, 0.4) is 0 Å². The van der Waals surface area contributed by atoms with Gasteiger partial charge in [-0.25, -0.2) is 0 Å². The van der Waals surface area contributed by atoms with Crippen LogP contribution in [0, 0.1) is 0 Å². The summed E-state index contributed by atoms with van der Waals surface area (Å²) in [4.78, 5) is 17.0. The highest BCUT2D eigenvalue weighted by Crippen LogP contribution is 2.87. The molecular formula is C75H12O2. The normalized spacial score (nSPS) is 23.4. The van der Waals surface area contributed by atoms with Crippen LogP contribution < -0.4 is 0 Å². The second kappa shape index (κ2) is 6.96. The van der Waals surface area contributed by atoms with E-state index in [4.69, 9.17) is 4.74 Å². The molecule has 0 amide bonds. The smallest absolute Gasteiger partial charge is 0.192 e. The summed E-state index contributed by atoms with van der Waals surface area (Å²) in [5.74, 6) is 0.140. The largest absolute Gasteiger partial charge is 0.359 e. The maximum atomic E-state index is 17.0. The van der Waals surface area contributed by atoms with Crippen molar-refractivity contribution in [2.45, 2.75) is 23.0 Å². The van der Waals surface area contributed by atoms with Gasteiger partial charge >= 0.3 is 0 Å². The molecule has 1 fully saturated rings. The molecule has 0 bridgehead atoms. The average molecular weight is 945 g/mol. The maximum absolute atomic E-state index is 17.0. The van der Waals surface area contributed by atoms with Crippen molar-refractivity contribution in [3.05, 3.63) is 94.0 Å². The highest BCUT2D eigenvalue weighted by Gasteiger charge is 2.79. The predicted octanol–water partition coefficient (Wildman–Crippen LogP) is 19.3. The van der Waals surface area contributed by atoms with E-state index in [-0.39, 0.29) is 5.78 Å². The minimum Gasteiger partial charge on any atom is -0.359 e. The first kappa shape index (κ1) is 29.6. The van der Waals surface area contributed by atoms with Crippen LogP contribution in [0.25, 0.3) is 291 Å². The molecule has 0 radical (unpaired) electrons. The Labute approximate surface area is 420 Å². The van der Waals surface area contributed by atoms with E-state index in [0.29, 0.717) is 0 Å². The van der Waals surface area contributed by atoms with Gasteiger partial charge in [0.15, 0.2) is 5.78 Å². The number of hydrogen-bond donors (Lipinski definition) is 0. The van der Waals surface area contributed by atoms with Gasteiger partial charge in [-0.2, -0.15) is 0 Å². The molecule has 2 nitrogen and oxygen atoms in total. The molecular weight excluding hydrogens is 933 g/mol. The number of ether oxygens (including phenoxy) is 1. The summed E-state index contributed by atoms with van der Waals surface area (Å²) in [7, 11) is 0. The van der Waals surface area contributed by atoms with Gasteiger partial charge in [0.2, 0.25) is 0 Å². The van der Waals surface area contributed by atoms with Crippen LogP contribution in [0.2, 0.25) is 0 Å². The van der Waals surface area contributed by atoms with E-state index in [2.05, 4.69) is 60.7 Å². The van der Waals surface area contributed by atoms with E-state index in [1.807, 2.05) is 0 Å². The first-order chi connectivity index (χ1) is 38.3.